The van der Waals surface area contributed by atoms with E-state index in [1.54, 1.807) is 12.1 Å². The van der Waals surface area contributed by atoms with Gasteiger partial charge in [0.05, 0.1) is 6.04 Å². The predicted octanol–water partition coefficient (Wildman–Crippen LogP) is 3.76. The third-order valence-electron chi connectivity index (χ3n) is 3.30. The fraction of sp³-hybridized carbons (Fsp3) is 0.200. The molecular weight excluding hydrogens is 307 g/mol. The number of benzene rings is 2. The van der Waals surface area contributed by atoms with Gasteiger partial charge in [0.15, 0.2) is 0 Å². The van der Waals surface area contributed by atoms with Gasteiger partial charge in [0.1, 0.15) is 5.82 Å². The van der Waals surface area contributed by atoms with E-state index in [2.05, 4.69) is 21.4 Å². The van der Waals surface area contributed by atoms with Gasteiger partial charge in [-0.15, -0.1) is 0 Å². The topological polar surface area (TPSA) is 38.0 Å². The molecule has 0 saturated heterocycles. The lowest BCUT2D eigenvalue weighted by molar-refractivity contribution is 0.559. The lowest BCUT2D eigenvalue weighted by Crippen LogP contribution is -2.29. The average Bonchev–Trinajstić information content (AvgIpc) is 2.38. The zero-order valence-corrected chi connectivity index (χ0v) is 12.5. The molecule has 2 aromatic rings. The Morgan fingerprint density at radius 2 is 1.84 bits per heavy atom. The molecule has 0 aliphatic carbocycles. The summed E-state index contributed by atoms with van der Waals surface area (Å²) in [4.78, 5) is 0. The highest BCUT2D eigenvalue weighted by Crippen LogP contribution is 2.27. The van der Waals surface area contributed by atoms with E-state index < -0.39 is 0 Å². The van der Waals surface area contributed by atoms with Gasteiger partial charge in [0, 0.05) is 10.0 Å². The van der Waals surface area contributed by atoms with Crippen molar-refractivity contribution in [3.63, 3.8) is 0 Å². The van der Waals surface area contributed by atoms with Crippen LogP contribution < -0.4 is 11.3 Å². The summed E-state index contributed by atoms with van der Waals surface area (Å²) in [7, 11) is 0. The van der Waals surface area contributed by atoms with E-state index in [0.29, 0.717) is 5.56 Å². The van der Waals surface area contributed by atoms with Gasteiger partial charge in [-0.1, -0.05) is 34.1 Å². The molecule has 0 spiro atoms. The molecule has 1 unspecified atom stereocenters. The second-order valence-electron chi connectivity index (χ2n) is 4.61. The Morgan fingerprint density at radius 3 is 2.47 bits per heavy atom. The van der Waals surface area contributed by atoms with Gasteiger partial charge in [-0.25, -0.2) is 9.82 Å². The lowest BCUT2D eigenvalue weighted by Gasteiger charge is -2.19. The minimum absolute atomic E-state index is 0.274. The quantitative estimate of drug-likeness (QED) is 0.667. The van der Waals surface area contributed by atoms with Crippen molar-refractivity contribution >= 4 is 15.9 Å². The summed E-state index contributed by atoms with van der Waals surface area (Å²) in [5.74, 6) is 5.34. The summed E-state index contributed by atoms with van der Waals surface area (Å²) in [5, 5.41) is 0. The van der Waals surface area contributed by atoms with Crippen LogP contribution in [0.3, 0.4) is 0 Å². The summed E-state index contributed by atoms with van der Waals surface area (Å²) >= 11 is 3.36. The molecular formula is C15H16BrFN2. The Morgan fingerprint density at radius 1 is 1.11 bits per heavy atom. The molecule has 2 aromatic carbocycles. The number of nitrogens with one attached hydrogen (secondary N) is 1. The number of hydrazine groups is 1. The van der Waals surface area contributed by atoms with Crippen molar-refractivity contribution in [2.75, 3.05) is 0 Å². The molecule has 0 saturated carbocycles. The Labute approximate surface area is 120 Å². The molecule has 0 heterocycles. The predicted molar refractivity (Wildman–Crippen MR) is 79.2 cm³/mol. The van der Waals surface area contributed by atoms with Crippen LogP contribution in [-0.4, -0.2) is 0 Å². The first-order valence-electron chi connectivity index (χ1n) is 6.01. The second kappa shape index (κ2) is 5.82. The van der Waals surface area contributed by atoms with Crippen molar-refractivity contribution < 1.29 is 4.39 Å². The van der Waals surface area contributed by atoms with E-state index >= 15 is 0 Å². The van der Waals surface area contributed by atoms with Gasteiger partial charge >= 0.3 is 0 Å². The summed E-state index contributed by atoms with van der Waals surface area (Å²) in [5.41, 5.74) is 6.53. The number of aryl methyl sites for hydroxylation is 2. The largest absolute Gasteiger partial charge is 0.271 e. The first-order valence-corrected chi connectivity index (χ1v) is 6.80. The van der Waals surface area contributed by atoms with Crippen molar-refractivity contribution in [2.45, 2.75) is 19.9 Å². The van der Waals surface area contributed by atoms with Crippen LogP contribution in [0.1, 0.15) is 28.3 Å². The van der Waals surface area contributed by atoms with Gasteiger partial charge in [0.2, 0.25) is 0 Å². The van der Waals surface area contributed by atoms with Crippen molar-refractivity contribution in [3.05, 3.63) is 68.9 Å². The monoisotopic (exact) mass is 322 g/mol. The van der Waals surface area contributed by atoms with Crippen molar-refractivity contribution in [1.82, 2.24) is 5.43 Å². The van der Waals surface area contributed by atoms with Crippen LogP contribution in [0.4, 0.5) is 4.39 Å². The maximum absolute atomic E-state index is 14.0. The smallest absolute Gasteiger partial charge is 0.128 e. The average molecular weight is 323 g/mol. The summed E-state index contributed by atoms with van der Waals surface area (Å²) in [6.07, 6.45) is 0. The fourth-order valence-corrected chi connectivity index (χ4v) is 2.42. The molecule has 0 aliphatic rings. The first-order chi connectivity index (χ1) is 9.02. The van der Waals surface area contributed by atoms with E-state index in [1.807, 2.05) is 32.0 Å². The van der Waals surface area contributed by atoms with E-state index in [4.69, 9.17) is 5.84 Å². The van der Waals surface area contributed by atoms with E-state index in [0.717, 1.165) is 15.6 Å². The van der Waals surface area contributed by atoms with E-state index in [-0.39, 0.29) is 11.9 Å². The SMILES string of the molecule is Cc1ccc(C(NN)c2cc(Br)ccc2F)cc1C. The van der Waals surface area contributed by atoms with Gasteiger partial charge in [-0.2, -0.15) is 0 Å². The second-order valence-corrected chi connectivity index (χ2v) is 5.52. The third-order valence-corrected chi connectivity index (χ3v) is 3.79. The molecule has 1 atom stereocenters. The van der Waals surface area contributed by atoms with Crippen molar-refractivity contribution in [3.8, 4) is 0 Å². The zero-order chi connectivity index (χ0) is 14.0. The van der Waals surface area contributed by atoms with Gasteiger partial charge < -0.3 is 0 Å². The molecule has 0 aromatic heterocycles. The van der Waals surface area contributed by atoms with Crippen LogP contribution in [0.25, 0.3) is 0 Å². The molecule has 4 heteroatoms. The maximum Gasteiger partial charge on any atom is 0.128 e. The Balaban J connectivity index is 2.49. The normalized spacial score (nSPS) is 12.5. The summed E-state index contributed by atoms with van der Waals surface area (Å²) in [6, 6.07) is 10.5. The van der Waals surface area contributed by atoms with Crippen molar-refractivity contribution in [2.24, 2.45) is 5.84 Å². The van der Waals surface area contributed by atoms with Crippen LogP contribution in [0.15, 0.2) is 40.9 Å². The van der Waals surface area contributed by atoms with Crippen LogP contribution in [0.2, 0.25) is 0 Å². The number of hydrogen-bond acceptors (Lipinski definition) is 2. The maximum atomic E-state index is 14.0. The molecule has 0 fully saturated rings. The van der Waals surface area contributed by atoms with Crippen LogP contribution in [-0.2, 0) is 0 Å². The van der Waals surface area contributed by atoms with Gasteiger partial charge in [0.25, 0.3) is 0 Å². The fourth-order valence-electron chi connectivity index (χ4n) is 2.05. The standard InChI is InChI=1S/C15H16BrFN2/c1-9-3-4-11(7-10(9)2)15(19-18)13-8-12(16)5-6-14(13)17/h3-8,15,19H,18H2,1-2H3. The first kappa shape index (κ1) is 14.2. The minimum Gasteiger partial charge on any atom is -0.271 e. The highest BCUT2D eigenvalue weighted by Gasteiger charge is 2.17. The molecule has 3 N–H and O–H groups in total. The highest BCUT2D eigenvalue weighted by molar-refractivity contribution is 9.10. The van der Waals surface area contributed by atoms with E-state index in [9.17, 15) is 4.39 Å². The van der Waals surface area contributed by atoms with Crippen LogP contribution in [0, 0.1) is 19.7 Å². The lowest BCUT2D eigenvalue weighted by atomic mass is 9.96. The number of halogens is 2. The van der Waals surface area contributed by atoms with Crippen LogP contribution in [0.5, 0.6) is 0 Å². The number of rotatable bonds is 3. The zero-order valence-electron chi connectivity index (χ0n) is 10.9. The Hall–Kier alpha value is -1.23. The number of hydrogen-bond donors (Lipinski definition) is 2. The molecule has 0 aliphatic heterocycles. The molecule has 100 valence electrons. The summed E-state index contributed by atoms with van der Waals surface area (Å²) < 4.78 is 14.8. The van der Waals surface area contributed by atoms with Gasteiger partial charge in [-0.3, -0.25) is 5.84 Å². The molecule has 2 rings (SSSR count). The van der Waals surface area contributed by atoms with E-state index in [1.165, 1.54) is 11.6 Å². The molecule has 0 amide bonds. The minimum atomic E-state index is -0.364. The molecule has 0 radical (unpaired) electrons. The molecule has 0 bridgehead atoms. The molecule has 2 nitrogen and oxygen atoms in total. The summed E-state index contributed by atoms with van der Waals surface area (Å²) in [6.45, 7) is 4.08. The van der Waals surface area contributed by atoms with Crippen molar-refractivity contribution in [1.29, 1.82) is 0 Å². The molecule has 19 heavy (non-hydrogen) atoms. The Kier molecular flexibility index (Phi) is 4.34. The third kappa shape index (κ3) is 3.03. The highest BCUT2D eigenvalue weighted by atomic mass is 79.9. The number of nitrogens with two attached hydrogens (primary N) is 1. The Bertz CT molecular complexity index is 599. The van der Waals surface area contributed by atoms with Gasteiger partial charge in [-0.05, 0) is 48.7 Å². The van der Waals surface area contributed by atoms with Crippen LogP contribution >= 0.6 is 15.9 Å².